The van der Waals surface area contributed by atoms with Gasteiger partial charge < -0.3 is 14.8 Å². The molecule has 1 rings (SSSR count). The number of allylic oxidation sites excluding steroid dienone is 1. The average Bonchev–Trinajstić information content (AvgIpc) is 2.41. The molecule has 0 bridgehead atoms. The summed E-state index contributed by atoms with van der Waals surface area (Å²) >= 11 is 3.32. The fraction of sp³-hybridized carbons (Fsp3) is 0.231. The minimum absolute atomic E-state index is 0.159. The molecule has 0 amide bonds. The molecule has 6 heteroatoms. The Hall–Kier alpha value is -1.82. The molecule has 102 valence electrons. The molecule has 1 N–H and O–H groups in total. The van der Waals surface area contributed by atoms with E-state index in [9.17, 15) is 9.59 Å². The Morgan fingerprint density at radius 3 is 1.95 bits per heavy atom. The number of ether oxygens (including phenoxy) is 2. The first-order chi connectivity index (χ1) is 8.99. The van der Waals surface area contributed by atoms with E-state index in [1.807, 2.05) is 12.1 Å². The van der Waals surface area contributed by atoms with Crippen molar-refractivity contribution in [1.29, 1.82) is 0 Å². The summed E-state index contributed by atoms with van der Waals surface area (Å²) in [5, 5.41) is 2.96. The summed E-state index contributed by atoms with van der Waals surface area (Å²) < 4.78 is 10.1. The predicted molar refractivity (Wildman–Crippen MR) is 74.5 cm³/mol. The molecule has 0 aromatic heterocycles. The molecule has 0 radical (unpaired) electrons. The zero-order valence-corrected chi connectivity index (χ0v) is 12.4. The van der Waals surface area contributed by atoms with Crippen molar-refractivity contribution in [3.63, 3.8) is 0 Å². The van der Waals surface area contributed by atoms with Gasteiger partial charge in [0, 0.05) is 15.9 Å². The molecule has 0 saturated heterocycles. The van der Waals surface area contributed by atoms with E-state index in [1.54, 1.807) is 19.1 Å². The van der Waals surface area contributed by atoms with E-state index in [-0.39, 0.29) is 5.57 Å². The van der Waals surface area contributed by atoms with Crippen molar-refractivity contribution < 1.29 is 19.1 Å². The molecule has 0 aliphatic heterocycles. The number of benzene rings is 1. The summed E-state index contributed by atoms with van der Waals surface area (Å²) in [4.78, 5) is 23.1. The molecule has 1 aromatic rings. The van der Waals surface area contributed by atoms with Crippen LogP contribution in [-0.2, 0) is 19.1 Å². The van der Waals surface area contributed by atoms with Crippen molar-refractivity contribution in [2.75, 3.05) is 19.5 Å². The van der Waals surface area contributed by atoms with Crippen LogP contribution < -0.4 is 5.32 Å². The number of carbonyl (C=O) groups excluding carboxylic acids is 2. The largest absolute Gasteiger partial charge is 0.465 e. The van der Waals surface area contributed by atoms with E-state index >= 15 is 0 Å². The molecule has 0 saturated carbocycles. The first-order valence-corrected chi connectivity index (χ1v) is 6.19. The molecule has 0 atom stereocenters. The lowest BCUT2D eigenvalue weighted by atomic mass is 10.2. The molecule has 5 nitrogen and oxygen atoms in total. The number of hydrogen-bond acceptors (Lipinski definition) is 5. The second-order valence-corrected chi connectivity index (χ2v) is 4.53. The van der Waals surface area contributed by atoms with Crippen molar-refractivity contribution in [2.24, 2.45) is 0 Å². The van der Waals surface area contributed by atoms with Gasteiger partial charge in [0.15, 0.2) is 5.57 Å². The molecule has 0 heterocycles. The lowest BCUT2D eigenvalue weighted by Gasteiger charge is -2.11. The van der Waals surface area contributed by atoms with E-state index in [0.29, 0.717) is 5.70 Å². The molecule has 0 spiro atoms. The van der Waals surface area contributed by atoms with Crippen LogP contribution in [0.1, 0.15) is 6.92 Å². The SMILES string of the molecule is COC(=O)C(C(=O)OC)=C(C)Nc1ccc(Br)cc1. The minimum atomic E-state index is -0.742. The van der Waals surface area contributed by atoms with Gasteiger partial charge in [-0.2, -0.15) is 0 Å². The molecule has 1 aromatic carbocycles. The van der Waals surface area contributed by atoms with Crippen LogP contribution in [0.4, 0.5) is 5.69 Å². The minimum Gasteiger partial charge on any atom is -0.465 e. The lowest BCUT2D eigenvalue weighted by Crippen LogP contribution is -2.20. The van der Waals surface area contributed by atoms with Gasteiger partial charge in [-0.25, -0.2) is 9.59 Å². The summed E-state index contributed by atoms with van der Waals surface area (Å²) in [7, 11) is 2.41. The van der Waals surface area contributed by atoms with Gasteiger partial charge in [-0.1, -0.05) is 15.9 Å². The molecule has 0 aliphatic carbocycles. The number of anilines is 1. The van der Waals surface area contributed by atoms with Crippen LogP contribution >= 0.6 is 15.9 Å². The third-order valence-electron chi connectivity index (χ3n) is 2.33. The highest BCUT2D eigenvalue weighted by atomic mass is 79.9. The highest BCUT2D eigenvalue weighted by Crippen LogP contribution is 2.17. The van der Waals surface area contributed by atoms with Crippen LogP contribution in [0, 0.1) is 0 Å². The van der Waals surface area contributed by atoms with E-state index in [4.69, 9.17) is 0 Å². The quantitative estimate of drug-likeness (QED) is 0.398. The second-order valence-electron chi connectivity index (χ2n) is 3.62. The summed E-state index contributed by atoms with van der Waals surface area (Å²) in [5.41, 5.74) is 0.944. The zero-order valence-electron chi connectivity index (χ0n) is 10.8. The maximum absolute atomic E-state index is 11.6. The summed E-state index contributed by atoms with van der Waals surface area (Å²) in [6.07, 6.45) is 0. The van der Waals surface area contributed by atoms with Gasteiger partial charge in [-0.15, -0.1) is 0 Å². The Balaban J connectivity index is 3.05. The molecule has 0 aliphatic rings. The van der Waals surface area contributed by atoms with Crippen molar-refractivity contribution in [3.8, 4) is 0 Å². The van der Waals surface area contributed by atoms with Gasteiger partial charge in [-0.05, 0) is 31.2 Å². The molecular weight excluding hydrogens is 314 g/mol. The van der Waals surface area contributed by atoms with Gasteiger partial charge >= 0.3 is 11.9 Å². The number of halogens is 1. The molecule has 0 fully saturated rings. The number of methoxy groups -OCH3 is 2. The summed E-state index contributed by atoms with van der Waals surface area (Å²) in [6, 6.07) is 7.29. The van der Waals surface area contributed by atoms with Crippen molar-refractivity contribution in [1.82, 2.24) is 0 Å². The molecule has 0 unspecified atom stereocenters. The number of rotatable bonds is 4. The topological polar surface area (TPSA) is 64.6 Å². The van der Waals surface area contributed by atoms with E-state index in [0.717, 1.165) is 10.2 Å². The van der Waals surface area contributed by atoms with Gasteiger partial charge in [0.25, 0.3) is 0 Å². The number of esters is 2. The third kappa shape index (κ3) is 4.10. The number of carbonyl (C=O) groups is 2. The highest BCUT2D eigenvalue weighted by Gasteiger charge is 2.23. The Bertz CT molecular complexity index is 490. The smallest absolute Gasteiger partial charge is 0.347 e. The Kier molecular flexibility index (Phi) is 5.57. The monoisotopic (exact) mass is 327 g/mol. The van der Waals surface area contributed by atoms with E-state index in [2.05, 4.69) is 30.7 Å². The van der Waals surface area contributed by atoms with Gasteiger partial charge in [0.2, 0.25) is 0 Å². The van der Waals surface area contributed by atoms with Gasteiger partial charge in [-0.3, -0.25) is 0 Å². The predicted octanol–water partition coefficient (Wildman–Crippen LogP) is 2.48. The van der Waals surface area contributed by atoms with Crippen molar-refractivity contribution in [3.05, 3.63) is 40.0 Å². The molecular formula is C13H14BrNO4. The Labute approximate surface area is 119 Å². The van der Waals surface area contributed by atoms with Crippen LogP contribution in [0.3, 0.4) is 0 Å². The average molecular weight is 328 g/mol. The van der Waals surface area contributed by atoms with Crippen molar-refractivity contribution >= 4 is 33.6 Å². The number of nitrogens with one attached hydrogen (secondary N) is 1. The second kappa shape index (κ2) is 6.94. The van der Waals surface area contributed by atoms with Crippen LogP contribution in [0.15, 0.2) is 40.0 Å². The fourth-order valence-corrected chi connectivity index (χ4v) is 1.67. The van der Waals surface area contributed by atoms with Crippen LogP contribution in [0.2, 0.25) is 0 Å². The first kappa shape index (κ1) is 15.2. The highest BCUT2D eigenvalue weighted by molar-refractivity contribution is 9.10. The van der Waals surface area contributed by atoms with E-state index < -0.39 is 11.9 Å². The normalized spacial score (nSPS) is 9.47. The Morgan fingerprint density at radius 1 is 1.05 bits per heavy atom. The maximum Gasteiger partial charge on any atom is 0.347 e. The standard InChI is InChI=1S/C13H14BrNO4/c1-8(11(12(16)18-2)13(17)19-3)15-10-6-4-9(14)5-7-10/h4-7,15H,1-3H3. The molecule has 19 heavy (non-hydrogen) atoms. The third-order valence-corrected chi connectivity index (χ3v) is 2.86. The lowest BCUT2D eigenvalue weighted by molar-refractivity contribution is -0.144. The van der Waals surface area contributed by atoms with Crippen molar-refractivity contribution in [2.45, 2.75) is 6.92 Å². The Morgan fingerprint density at radius 2 is 1.53 bits per heavy atom. The van der Waals surface area contributed by atoms with Gasteiger partial charge in [0.1, 0.15) is 0 Å². The summed E-state index contributed by atoms with van der Waals surface area (Å²) in [6.45, 7) is 1.60. The summed E-state index contributed by atoms with van der Waals surface area (Å²) in [5.74, 6) is -1.48. The van der Waals surface area contributed by atoms with Gasteiger partial charge in [0.05, 0.1) is 14.2 Å². The number of hydrogen-bond donors (Lipinski definition) is 1. The van der Waals surface area contributed by atoms with Crippen LogP contribution in [0.25, 0.3) is 0 Å². The van der Waals surface area contributed by atoms with Crippen LogP contribution in [-0.4, -0.2) is 26.2 Å². The van der Waals surface area contributed by atoms with Crippen LogP contribution in [0.5, 0.6) is 0 Å². The maximum atomic E-state index is 11.6. The zero-order chi connectivity index (χ0) is 14.4. The fourth-order valence-electron chi connectivity index (χ4n) is 1.41. The van der Waals surface area contributed by atoms with E-state index in [1.165, 1.54) is 14.2 Å². The first-order valence-electron chi connectivity index (χ1n) is 5.39.